The van der Waals surface area contributed by atoms with E-state index < -0.39 is 11.9 Å². The third-order valence-corrected chi connectivity index (χ3v) is 4.16. The molecule has 0 bridgehead atoms. The first kappa shape index (κ1) is 19.6. The molecular weight excluding hydrogens is 364 g/mol. The van der Waals surface area contributed by atoms with Crippen molar-refractivity contribution in [1.29, 1.82) is 0 Å². The van der Waals surface area contributed by atoms with Crippen LogP contribution in [0.2, 0.25) is 0 Å². The molecule has 0 aliphatic carbocycles. The highest BCUT2D eigenvalue weighted by atomic mass is 16.5. The van der Waals surface area contributed by atoms with Crippen LogP contribution in [0.15, 0.2) is 41.2 Å². The number of ether oxygens (including phenoxy) is 2. The lowest BCUT2D eigenvalue weighted by molar-refractivity contribution is -0.117. The van der Waals surface area contributed by atoms with Gasteiger partial charge in [-0.25, -0.2) is 9.48 Å². The van der Waals surface area contributed by atoms with Gasteiger partial charge < -0.3 is 19.7 Å². The zero-order chi connectivity index (χ0) is 19.9. The Balaban J connectivity index is 1.64. The molecule has 1 saturated heterocycles. The van der Waals surface area contributed by atoms with E-state index in [1.54, 1.807) is 37.3 Å². The van der Waals surface area contributed by atoms with Gasteiger partial charge in [0.05, 0.1) is 25.4 Å². The average molecular weight is 386 g/mol. The minimum Gasteiger partial charge on any atom is -0.462 e. The molecule has 1 aromatic carbocycles. The summed E-state index contributed by atoms with van der Waals surface area (Å²) in [4.78, 5) is 38.0. The summed E-state index contributed by atoms with van der Waals surface area (Å²) in [6.07, 6.45) is 0. The quantitative estimate of drug-likeness (QED) is 0.736. The van der Waals surface area contributed by atoms with Gasteiger partial charge in [0, 0.05) is 24.8 Å². The number of rotatable bonds is 6. The Labute approximate surface area is 161 Å². The summed E-state index contributed by atoms with van der Waals surface area (Å²) in [7, 11) is 0. The summed E-state index contributed by atoms with van der Waals surface area (Å²) in [5.41, 5.74) is 0.552. The zero-order valence-electron chi connectivity index (χ0n) is 15.6. The topological polar surface area (TPSA) is 103 Å². The van der Waals surface area contributed by atoms with E-state index in [9.17, 15) is 14.4 Å². The Morgan fingerprint density at radius 1 is 1.14 bits per heavy atom. The number of nitrogens with zero attached hydrogens (tertiary/aromatic N) is 3. The monoisotopic (exact) mass is 386 g/mol. The molecule has 148 valence electrons. The van der Waals surface area contributed by atoms with Crippen LogP contribution in [-0.4, -0.2) is 54.6 Å². The van der Waals surface area contributed by atoms with Gasteiger partial charge in [-0.3, -0.25) is 9.59 Å². The molecule has 1 aliphatic heterocycles. The second-order valence-electron chi connectivity index (χ2n) is 6.13. The van der Waals surface area contributed by atoms with E-state index in [-0.39, 0.29) is 12.1 Å². The predicted octanol–water partition coefficient (Wildman–Crippen LogP) is 0.895. The van der Waals surface area contributed by atoms with Crippen LogP contribution in [0.25, 0.3) is 0 Å². The highest BCUT2D eigenvalue weighted by Crippen LogP contribution is 2.12. The van der Waals surface area contributed by atoms with E-state index in [0.717, 1.165) is 4.68 Å². The van der Waals surface area contributed by atoms with Crippen molar-refractivity contribution in [3.05, 3.63) is 52.3 Å². The average Bonchev–Trinajstić information content (AvgIpc) is 2.71. The fourth-order valence-corrected chi connectivity index (χ4v) is 2.75. The lowest BCUT2D eigenvalue weighted by atomic mass is 10.2. The maximum absolute atomic E-state index is 12.3. The summed E-state index contributed by atoms with van der Waals surface area (Å²) < 4.78 is 11.4. The molecule has 1 aromatic heterocycles. The molecule has 9 nitrogen and oxygen atoms in total. The Kier molecular flexibility index (Phi) is 6.38. The number of hydrogen-bond donors (Lipinski definition) is 1. The van der Waals surface area contributed by atoms with Crippen molar-refractivity contribution < 1.29 is 19.1 Å². The molecule has 1 fully saturated rings. The summed E-state index contributed by atoms with van der Waals surface area (Å²) in [6, 6.07) is 9.39. The van der Waals surface area contributed by atoms with Gasteiger partial charge in [0.25, 0.3) is 5.56 Å². The number of aromatic nitrogens is 2. The summed E-state index contributed by atoms with van der Waals surface area (Å²) in [5.74, 6) is -0.178. The smallest absolute Gasteiger partial charge is 0.338 e. The number of anilines is 2. The Morgan fingerprint density at radius 3 is 2.54 bits per heavy atom. The fourth-order valence-electron chi connectivity index (χ4n) is 2.75. The molecule has 1 amide bonds. The van der Waals surface area contributed by atoms with Gasteiger partial charge in [0.15, 0.2) is 0 Å². The lowest BCUT2D eigenvalue weighted by Gasteiger charge is -2.27. The lowest BCUT2D eigenvalue weighted by Crippen LogP contribution is -2.38. The van der Waals surface area contributed by atoms with Crippen molar-refractivity contribution in [2.45, 2.75) is 13.5 Å². The first-order valence-electron chi connectivity index (χ1n) is 9.04. The number of esters is 1. The molecule has 0 radical (unpaired) electrons. The molecule has 0 unspecified atom stereocenters. The molecule has 9 heteroatoms. The second kappa shape index (κ2) is 9.14. The van der Waals surface area contributed by atoms with E-state index in [1.165, 1.54) is 6.07 Å². The normalized spacial score (nSPS) is 13.8. The molecule has 2 aromatic rings. The van der Waals surface area contributed by atoms with Crippen molar-refractivity contribution in [3.63, 3.8) is 0 Å². The number of benzene rings is 1. The van der Waals surface area contributed by atoms with Gasteiger partial charge in [-0.05, 0) is 37.3 Å². The SMILES string of the molecule is CCOC(=O)c1ccc(NC(=O)Cn2nc(N3CCOCC3)ccc2=O)cc1. The molecule has 0 atom stereocenters. The fraction of sp³-hybridized carbons (Fsp3) is 0.368. The van der Waals surface area contributed by atoms with Crippen molar-refractivity contribution in [2.24, 2.45) is 0 Å². The highest BCUT2D eigenvalue weighted by molar-refractivity contribution is 5.92. The first-order chi connectivity index (χ1) is 13.6. The third-order valence-electron chi connectivity index (χ3n) is 4.16. The zero-order valence-corrected chi connectivity index (χ0v) is 15.6. The van der Waals surface area contributed by atoms with Crippen LogP contribution in [0.4, 0.5) is 11.5 Å². The maximum Gasteiger partial charge on any atom is 0.338 e. The summed E-state index contributed by atoms with van der Waals surface area (Å²) >= 11 is 0. The minimum atomic E-state index is -0.420. The molecule has 1 N–H and O–H groups in total. The van der Waals surface area contributed by atoms with E-state index in [1.807, 2.05) is 4.90 Å². The van der Waals surface area contributed by atoms with Crippen LogP contribution in [-0.2, 0) is 20.8 Å². The largest absolute Gasteiger partial charge is 0.462 e. The van der Waals surface area contributed by atoms with Crippen molar-refractivity contribution in [1.82, 2.24) is 9.78 Å². The first-order valence-corrected chi connectivity index (χ1v) is 9.04. The molecule has 3 rings (SSSR count). The van der Waals surface area contributed by atoms with E-state index in [2.05, 4.69) is 10.4 Å². The molecule has 2 heterocycles. The second-order valence-corrected chi connectivity index (χ2v) is 6.13. The van der Waals surface area contributed by atoms with E-state index in [4.69, 9.17) is 9.47 Å². The Morgan fingerprint density at radius 2 is 1.86 bits per heavy atom. The van der Waals surface area contributed by atoms with Crippen LogP contribution in [0.1, 0.15) is 17.3 Å². The van der Waals surface area contributed by atoms with Crippen LogP contribution in [0.5, 0.6) is 0 Å². The number of carbonyl (C=O) groups excluding carboxylic acids is 2. The minimum absolute atomic E-state index is 0.212. The van der Waals surface area contributed by atoms with Gasteiger partial charge >= 0.3 is 5.97 Å². The number of nitrogens with one attached hydrogen (secondary N) is 1. The summed E-state index contributed by atoms with van der Waals surface area (Å²) in [5, 5.41) is 6.98. The van der Waals surface area contributed by atoms with Crippen molar-refractivity contribution in [3.8, 4) is 0 Å². The Hall–Kier alpha value is -3.20. The van der Waals surface area contributed by atoms with Gasteiger partial charge in [-0.2, -0.15) is 5.10 Å². The van der Waals surface area contributed by atoms with E-state index in [0.29, 0.717) is 50.0 Å². The van der Waals surface area contributed by atoms with Crippen molar-refractivity contribution in [2.75, 3.05) is 43.1 Å². The van der Waals surface area contributed by atoms with Gasteiger partial charge in [0.1, 0.15) is 12.4 Å². The molecule has 28 heavy (non-hydrogen) atoms. The standard InChI is InChI=1S/C19H22N4O5/c1-2-28-19(26)14-3-5-15(6-4-14)20-17(24)13-23-18(25)8-7-16(21-23)22-9-11-27-12-10-22/h3-8H,2,9-13H2,1H3,(H,20,24). The molecule has 0 spiro atoms. The van der Waals surface area contributed by atoms with Crippen LogP contribution in [0.3, 0.4) is 0 Å². The number of amides is 1. The van der Waals surface area contributed by atoms with Gasteiger partial charge in [-0.1, -0.05) is 0 Å². The predicted molar refractivity (Wildman–Crippen MR) is 103 cm³/mol. The number of morpholine rings is 1. The van der Waals surface area contributed by atoms with Gasteiger partial charge in [-0.15, -0.1) is 0 Å². The number of carbonyl (C=O) groups is 2. The molecule has 0 saturated carbocycles. The van der Waals surface area contributed by atoms with E-state index >= 15 is 0 Å². The third kappa shape index (κ3) is 4.95. The molecule has 1 aliphatic rings. The summed E-state index contributed by atoms with van der Waals surface area (Å²) in [6.45, 7) is 4.39. The van der Waals surface area contributed by atoms with Gasteiger partial charge in [0.2, 0.25) is 5.91 Å². The Bertz CT molecular complexity index is 888. The van der Waals surface area contributed by atoms with Crippen LogP contribution >= 0.6 is 0 Å². The highest BCUT2D eigenvalue weighted by Gasteiger charge is 2.15. The van der Waals surface area contributed by atoms with Crippen molar-refractivity contribution >= 4 is 23.4 Å². The maximum atomic E-state index is 12.3. The molecular formula is C19H22N4O5. The number of hydrogen-bond acceptors (Lipinski definition) is 7. The van der Waals surface area contributed by atoms with Crippen LogP contribution in [0, 0.1) is 0 Å². The van der Waals surface area contributed by atoms with Crippen LogP contribution < -0.4 is 15.8 Å².